The molecule has 0 radical (unpaired) electrons. The molecular formula is C15H19ClN2O2. The van der Waals surface area contributed by atoms with Crippen LogP contribution in [0.5, 0.6) is 11.5 Å². The summed E-state index contributed by atoms with van der Waals surface area (Å²) >= 11 is 6.28. The Balaban J connectivity index is 2.21. The number of nitrogens with one attached hydrogen (secondary N) is 1. The number of hydrogen-bond donors (Lipinski definition) is 2. The van der Waals surface area contributed by atoms with Crippen LogP contribution in [0.25, 0.3) is 0 Å². The third-order valence-corrected chi connectivity index (χ3v) is 3.40. The van der Waals surface area contributed by atoms with Crippen molar-refractivity contribution in [1.29, 1.82) is 0 Å². The van der Waals surface area contributed by atoms with Crippen molar-refractivity contribution in [3.8, 4) is 23.8 Å². The summed E-state index contributed by atoms with van der Waals surface area (Å²) < 4.78 is 11.3. The largest absolute Gasteiger partial charge is 0.489 e. The Morgan fingerprint density at radius 1 is 1.40 bits per heavy atom. The van der Waals surface area contributed by atoms with Gasteiger partial charge in [0.2, 0.25) is 0 Å². The highest BCUT2D eigenvalue weighted by molar-refractivity contribution is 6.32. The van der Waals surface area contributed by atoms with Gasteiger partial charge in [-0.1, -0.05) is 11.6 Å². The van der Waals surface area contributed by atoms with Crippen LogP contribution in [0.15, 0.2) is 12.1 Å². The van der Waals surface area contributed by atoms with E-state index in [1.807, 2.05) is 12.1 Å². The van der Waals surface area contributed by atoms with Gasteiger partial charge in [-0.3, -0.25) is 0 Å². The summed E-state index contributed by atoms with van der Waals surface area (Å²) in [6.07, 6.45) is 6.76. The van der Waals surface area contributed by atoms with Crippen LogP contribution < -0.4 is 20.5 Å². The lowest BCUT2D eigenvalue weighted by Gasteiger charge is -2.19. The fourth-order valence-electron chi connectivity index (χ4n) is 2.11. The highest BCUT2D eigenvalue weighted by Gasteiger charge is 2.18. The van der Waals surface area contributed by atoms with Gasteiger partial charge in [0.05, 0.1) is 18.2 Å². The third-order valence-electron chi connectivity index (χ3n) is 3.12. The number of terminal acetylenes is 1. The molecule has 3 N–H and O–H groups in total. The molecule has 1 heterocycles. The normalized spacial score (nSPS) is 15.2. The number of ether oxygens (including phenoxy) is 2. The summed E-state index contributed by atoms with van der Waals surface area (Å²) in [6.45, 7) is 2.42. The molecule has 108 valence electrons. The molecular weight excluding hydrogens is 276 g/mol. The molecule has 0 bridgehead atoms. The van der Waals surface area contributed by atoms with Crippen molar-refractivity contribution >= 4 is 11.6 Å². The molecule has 1 aromatic carbocycles. The van der Waals surface area contributed by atoms with Crippen LogP contribution in [0.3, 0.4) is 0 Å². The minimum absolute atomic E-state index is 0.00185. The predicted octanol–water partition coefficient (Wildman–Crippen LogP) is 2.11. The van der Waals surface area contributed by atoms with E-state index < -0.39 is 0 Å². The van der Waals surface area contributed by atoms with Crippen molar-refractivity contribution in [1.82, 2.24) is 5.32 Å². The maximum Gasteiger partial charge on any atom is 0.179 e. The Morgan fingerprint density at radius 2 is 2.20 bits per heavy atom. The van der Waals surface area contributed by atoms with Crippen LogP contribution in [0.4, 0.5) is 0 Å². The van der Waals surface area contributed by atoms with E-state index in [2.05, 4.69) is 11.2 Å². The standard InChI is InChI=1S/C15H19ClN2O2/c1-2-3-5-18-13(10-17)11-8-12(16)15-14(9-11)19-6-4-7-20-15/h1,8-9,13,18H,3-7,10,17H2. The first kappa shape index (κ1) is 15.0. The molecule has 1 unspecified atom stereocenters. The fourth-order valence-corrected chi connectivity index (χ4v) is 2.38. The third kappa shape index (κ3) is 3.57. The molecule has 1 aromatic rings. The van der Waals surface area contributed by atoms with Crippen molar-refractivity contribution in [2.75, 3.05) is 26.3 Å². The van der Waals surface area contributed by atoms with Crippen LogP contribution in [-0.2, 0) is 0 Å². The zero-order valence-electron chi connectivity index (χ0n) is 11.3. The molecule has 0 fully saturated rings. The zero-order chi connectivity index (χ0) is 14.4. The summed E-state index contributed by atoms with van der Waals surface area (Å²) in [5.74, 6) is 3.89. The lowest BCUT2D eigenvalue weighted by molar-refractivity contribution is 0.297. The zero-order valence-corrected chi connectivity index (χ0v) is 12.1. The second kappa shape index (κ2) is 7.39. The van der Waals surface area contributed by atoms with Crippen LogP contribution in [0.2, 0.25) is 5.02 Å². The van der Waals surface area contributed by atoms with E-state index in [4.69, 9.17) is 33.2 Å². The van der Waals surface area contributed by atoms with Gasteiger partial charge >= 0.3 is 0 Å². The molecule has 4 nitrogen and oxygen atoms in total. The summed E-state index contributed by atoms with van der Waals surface area (Å²) in [7, 11) is 0. The van der Waals surface area contributed by atoms with E-state index in [0.717, 1.165) is 12.0 Å². The smallest absolute Gasteiger partial charge is 0.179 e. The molecule has 0 spiro atoms. The van der Waals surface area contributed by atoms with Crippen molar-refractivity contribution in [2.24, 2.45) is 5.73 Å². The number of benzene rings is 1. The second-order valence-electron chi connectivity index (χ2n) is 4.58. The number of nitrogens with two attached hydrogens (primary N) is 1. The lowest BCUT2D eigenvalue weighted by Crippen LogP contribution is -2.29. The van der Waals surface area contributed by atoms with Gasteiger partial charge in [-0.25, -0.2) is 0 Å². The van der Waals surface area contributed by atoms with Crippen LogP contribution in [-0.4, -0.2) is 26.3 Å². The first-order valence-electron chi connectivity index (χ1n) is 6.72. The SMILES string of the molecule is C#CCCNC(CN)c1cc(Cl)c2c(c1)OCCCO2. The van der Waals surface area contributed by atoms with Gasteiger partial charge < -0.3 is 20.5 Å². The molecule has 1 atom stereocenters. The molecule has 20 heavy (non-hydrogen) atoms. The van der Waals surface area contributed by atoms with E-state index in [9.17, 15) is 0 Å². The highest BCUT2D eigenvalue weighted by atomic mass is 35.5. The fraction of sp³-hybridized carbons (Fsp3) is 0.467. The summed E-state index contributed by atoms with van der Waals surface area (Å²) in [6, 6.07) is 3.81. The van der Waals surface area contributed by atoms with Crippen LogP contribution in [0, 0.1) is 12.3 Å². The second-order valence-corrected chi connectivity index (χ2v) is 4.98. The first-order chi connectivity index (χ1) is 9.76. The Labute approximate surface area is 124 Å². The van der Waals surface area contributed by atoms with E-state index in [-0.39, 0.29) is 6.04 Å². The van der Waals surface area contributed by atoms with Gasteiger partial charge in [-0.2, -0.15) is 0 Å². The summed E-state index contributed by atoms with van der Waals surface area (Å²) in [5.41, 5.74) is 6.80. The predicted molar refractivity (Wildman–Crippen MR) is 80.3 cm³/mol. The molecule has 0 aromatic heterocycles. The van der Waals surface area contributed by atoms with E-state index >= 15 is 0 Å². The van der Waals surface area contributed by atoms with E-state index in [1.54, 1.807) is 0 Å². The van der Waals surface area contributed by atoms with Gasteiger partial charge in [0.25, 0.3) is 0 Å². The molecule has 0 amide bonds. The number of halogens is 1. The van der Waals surface area contributed by atoms with Gasteiger partial charge in [-0.05, 0) is 17.7 Å². The highest BCUT2D eigenvalue weighted by Crippen LogP contribution is 2.39. The maximum absolute atomic E-state index is 6.28. The van der Waals surface area contributed by atoms with Gasteiger partial charge in [0, 0.05) is 32.0 Å². The monoisotopic (exact) mass is 294 g/mol. The molecule has 0 saturated heterocycles. The molecule has 1 aliphatic rings. The number of rotatable bonds is 5. The molecule has 0 aliphatic carbocycles. The molecule has 2 rings (SSSR count). The average Bonchev–Trinajstić information content (AvgIpc) is 2.69. The topological polar surface area (TPSA) is 56.5 Å². The van der Waals surface area contributed by atoms with Crippen LogP contribution in [0.1, 0.15) is 24.4 Å². The molecule has 0 saturated carbocycles. The Hall–Kier alpha value is -1.41. The molecule has 5 heteroatoms. The number of hydrogen-bond acceptors (Lipinski definition) is 4. The minimum Gasteiger partial charge on any atom is -0.489 e. The van der Waals surface area contributed by atoms with Gasteiger partial charge in [0.15, 0.2) is 11.5 Å². The number of fused-ring (bicyclic) bond motifs is 1. The summed E-state index contributed by atoms with van der Waals surface area (Å²) in [4.78, 5) is 0. The molecule has 1 aliphatic heterocycles. The van der Waals surface area contributed by atoms with Crippen molar-refractivity contribution < 1.29 is 9.47 Å². The van der Waals surface area contributed by atoms with Crippen molar-refractivity contribution in [3.63, 3.8) is 0 Å². The van der Waals surface area contributed by atoms with Crippen molar-refractivity contribution in [3.05, 3.63) is 22.7 Å². The Kier molecular flexibility index (Phi) is 5.54. The first-order valence-corrected chi connectivity index (χ1v) is 7.10. The average molecular weight is 295 g/mol. The van der Waals surface area contributed by atoms with Crippen LogP contribution >= 0.6 is 11.6 Å². The lowest BCUT2D eigenvalue weighted by atomic mass is 10.1. The van der Waals surface area contributed by atoms with E-state index in [1.165, 1.54) is 0 Å². The van der Waals surface area contributed by atoms with E-state index in [0.29, 0.717) is 49.2 Å². The van der Waals surface area contributed by atoms with Crippen molar-refractivity contribution in [2.45, 2.75) is 18.9 Å². The summed E-state index contributed by atoms with van der Waals surface area (Å²) in [5, 5.41) is 3.87. The van der Waals surface area contributed by atoms with Gasteiger partial charge in [-0.15, -0.1) is 12.3 Å². The maximum atomic E-state index is 6.28. The Morgan fingerprint density at radius 3 is 2.95 bits per heavy atom. The minimum atomic E-state index is -0.00185. The quantitative estimate of drug-likeness (QED) is 0.645. The van der Waals surface area contributed by atoms with Gasteiger partial charge in [0.1, 0.15) is 0 Å². The Bertz CT molecular complexity index is 499.